The molecule has 0 radical (unpaired) electrons. The molecule has 2 aromatic carbocycles. The lowest BCUT2D eigenvalue weighted by Crippen LogP contribution is -2.36. The van der Waals surface area contributed by atoms with Gasteiger partial charge in [0.2, 0.25) is 11.8 Å². The van der Waals surface area contributed by atoms with Crippen LogP contribution in [-0.2, 0) is 9.59 Å². The third-order valence-electron chi connectivity index (χ3n) is 3.73. The number of rotatable bonds is 4. The van der Waals surface area contributed by atoms with Gasteiger partial charge in [0.15, 0.2) is 0 Å². The highest BCUT2D eigenvalue weighted by Gasteiger charge is 2.16. The first-order valence-electron chi connectivity index (χ1n) is 7.72. The first kappa shape index (κ1) is 16.6. The van der Waals surface area contributed by atoms with Crippen LogP contribution in [-0.4, -0.2) is 23.3 Å². The van der Waals surface area contributed by atoms with Gasteiger partial charge in [-0.3, -0.25) is 14.6 Å². The first-order chi connectivity index (χ1) is 12.0. The van der Waals surface area contributed by atoms with E-state index in [1.807, 2.05) is 24.3 Å². The third kappa shape index (κ3) is 3.80. The molecule has 1 aromatic heterocycles. The minimum absolute atomic E-state index is 0.176. The number of nitrogens with zero attached hydrogens (tertiary/aromatic N) is 2. The Bertz CT molecular complexity index is 920. The molecule has 1 heterocycles. The fourth-order valence-electron chi connectivity index (χ4n) is 2.54. The zero-order valence-corrected chi connectivity index (χ0v) is 13.6. The zero-order valence-electron chi connectivity index (χ0n) is 13.6. The maximum Gasteiger partial charge on any atom is 0.244 e. The third-order valence-corrected chi connectivity index (χ3v) is 3.73. The molecule has 0 bridgehead atoms. The van der Waals surface area contributed by atoms with E-state index >= 15 is 0 Å². The second kappa shape index (κ2) is 7.09. The number of nitrogens with one attached hydrogen (secondary N) is 1. The zero-order chi connectivity index (χ0) is 17.8. The number of aromatic nitrogens is 1. The molecule has 25 heavy (non-hydrogen) atoms. The summed E-state index contributed by atoms with van der Waals surface area (Å²) < 4.78 is 13.1. The summed E-state index contributed by atoms with van der Waals surface area (Å²) in [5, 5.41) is 3.69. The maximum atomic E-state index is 13.1. The Hall–Kier alpha value is -3.28. The molecular formula is C19H16FN3O2. The van der Waals surface area contributed by atoms with Gasteiger partial charge < -0.3 is 10.2 Å². The lowest BCUT2D eigenvalue weighted by molar-refractivity contribution is -0.120. The van der Waals surface area contributed by atoms with Gasteiger partial charge in [-0.1, -0.05) is 18.2 Å². The van der Waals surface area contributed by atoms with Crippen LogP contribution in [0.5, 0.6) is 0 Å². The summed E-state index contributed by atoms with van der Waals surface area (Å²) in [6.07, 6.45) is 1.65. The minimum atomic E-state index is -0.404. The van der Waals surface area contributed by atoms with Gasteiger partial charge in [-0.15, -0.1) is 0 Å². The van der Waals surface area contributed by atoms with Crippen LogP contribution in [0.3, 0.4) is 0 Å². The van der Waals surface area contributed by atoms with Crippen molar-refractivity contribution in [2.75, 3.05) is 16.8 Å². The molecule has 5 nitrogen and oxygen atoms in total. The maximum absolute atomic E-state index is 13.1. The smallest absolute Gasteiger partial charge is 0.244 e. The quantitative estimate of drug-likeness (QED) is 0.794. The molecule has 0 unspecified atom stereocenters. The van der Waals surface area contributed by atoms with E-state index < -0.39 is 5.82 Å². The summed E-state index contributed by atoms with van der Waals surface area (Å²) in [5.74, 6) is -1.07. The van der Waals surface area contributed by atoms with Gasteiger partial charge >= 0.3 is 0 Å². The van der Waals surface area contributed by atoms with Gasteiger partial charge in [0.25, 0.3) is 0 Å². The Morgan fingerprint density at radius 3 is 2.52 bits per heavy atom. The molecular weight excluding hydrogens is 321 g/mol. The highest BCUT2D eigenvalue weighted by atomic mass is 19.1. The Kier molecular flexibility index (Phi) is 4.70. The van der Waals surface area contributed by atoms with E-state index in [0.29, 0.717) is 16.9 Å². The van der Waals surface area contributed by atoms with Crippen molar-refractivity contribution >= 4 is 34.1 Å². The minimum Gasteiger partial charge on any atom is -0.323 e. The van der Waals surface area contributed by atoms with Crippen LogP contribution >= 0.6 is 0 Å². The number of anilines is 2. The number of carbonyl (C=O) groups is 2. The molecule has 0 atom stereocenters. The summed E-state index contributed by atoms with van der Waals surface area (Å²) in [4.78, 5) is 29.8. The van der Waals surface area contributed by atoms with Crippen LogP contribution in [0.25, 0.3) is 10.9 Å². The summed E-state index contributed by atoms with van der Waals surface area (Å²) in [6.45, 7) is 1.18. The summed E-state index contributed by atoms with van der Waals surface area (Å²) in [6, 6.07) is 14.6. The molecule has 0 spiro atoms. The van der Waals surface area contributed by atoms with E-state index in [1.165, 1.54) is 36.1 Å². The Morgan fingerprint density at radius 2 is 1.80 bits per heavy atom. The molecule has 0 saturated carbocycles. The van der Waals surface area contributed by atoms with Gasteiger partial charge in [0.05, 0.1) is 11.2 Å². The van der Waals surface area contributed by atoms with Crippen LogP contribution < -0.4 is 10.2 Å². The highest BCUT2D eigenvalue weighted by molar-refractivity contribution is 6.05. The molecule has 3 rings (SSSR count). The Balaban J connectivity index is 1.80. The number of carbonyl (C=O) groups excluding carboxylic acids is 2. The second-order valence-electron chi connectivity index (χ2n) is 5.51. The van der Waals surface area contributed by atoms with Gasteiger partial charge in [-0.25, -0.2) is 4.39 Å². The second-order valence-corrected chi connectivity index (χ2v) is 5.51. The monoisotopic (exact) mass is 337 g/mol. The van der Waals surface area contributed by atoms with Crippen molar-refractivity contribution < 1.29 is 14.0 Å². The van der Waals surface area contributed by atoms with Crippen molar-refractivity contribution in [2.45, 2.75) is 6.92 Å². The van der Waals surface area contributed by atoms with E-state index in [2.05, 4.69) is 10.3 Å². The molecule has 3 aromatic rings. The van der Waals surface area contributed by atoms with E-state index in [9.17, 15) is 14.0 Å². The molecule has 0 aliphatic rings. The molecule has 0 aliphatic carbocycles. The molecule has 1 N–H and O–H groups in total. The Labute approximate surface area is 144 Å². The number of hydrogen-bond acceptors (Lipinski definition) is 3. The predicted molar refractivity (Wildman–Crippen MR) is 94.8 cm³/mol. The first-order valence-corrected chi connectivity index (χ1v) is 7.72. The van der Waals surface area contributed by atoms with Crippen molar-refractivity contribution in [3.8, 4) is 0 Å². The molecule has 2 amide bonds. The SMILES string of the molecule is CC(=O)N(CC(=O)Nc1cccc2cccnc12)c1ccc(F)cc1. The van der Waals surface area contributed by atoms with E-state index in [1.54, 1.807) is 12.3 Å². The van der Waals surface area contributed by atoms with Crippen molar-refractivity contribution in [1.82, 2.24) is 4.98 Å². The topological polar surface area (TPSA) is 62.3 Å². The normalized spacial score (nSPS) is 10.5. The molecule has 0 fully saturated rings. The summed E-state index contributed by atoms with van der Waals surface area (Å²) in [5.41, 5.74) is 1.71. The van der Waals surface area contributed by atoms with Gasteiger partial charge in [0, 0.05) is 24.2 Å². The average molecular weight is 337 g/mol. The van der Waals surface area contributed by atoms with Gasteiger partial charge in [-0.2, -0.15) is 0 Å². The van der Waals surface area contributed by atoms with Crippen molar-refractivity contribution in [3.63, 3.8) is 0 Å². The molecule has 0 aliphatic heterocycles. The standard InChI is InChI=1S/C19H16FN3O2/c1-13(24)23(16-9-7-15(20)8-10-16)12-18(25)22-17-6-2-4-14-5-3-11-21-19(14)17/h2-11H,12H2,1H3,(H,22,25). The van der Waals surface area contributed by atoms with Crippen LogP contribution in [0, 0.1) is 5.82 Å². The van der Waals surface area contributed by atoms with Crippen LogP contribution in [0.1, 0.15) is 6.92 Å². The molecule has 6 heteroatoms. The summed E-state index contributed by atoms with van der Waals surface area (Å²) >= 11 is 0. The number of halogens is 1. The number of pyridine rings is 1. The number of para-hydroxylation sites is 1. The fraction of sp³-hybridized carbons (Fsp3) is 0.105. The fourth-order valence-corrected chi connectivity index (χ4v) is 2.54. The largest absolute Gasteiger partial charge is 0.323 e. The number of benzene rings is 2. The van der Waals surface area contributed by atoms with Crippen molar-refractivity contribution in [2.24, 2.45) is 0 Å². The van der Waals surface area contributed by atoms with Crippen LogP contribution in [0.4, 0.5) is 15.8 Å². The van der Waals surface area contributed by atoms with E-state index in [4.69, 9.17) is 0 Å². The number of hydrogen-bond donors (Lipinski definition) is 1. The van der Waals surface area contributed by atoms with Crippen LogP contribution in [0.2, 0.25) is 0 Å². The van der Waals surface area contributed by atoms with Crippen molar-refractivity contribution in [1.29, 1.82) is 0 Å². The lowest BCUT2D eigenvalue weighted by Gasteiger charge is -2.20. The van der Waals surface area contributed by atoms with Crippen molar-refractivity contribution in [3.05, 3.63) is 66.6 Å². The summed E-state index contributed by atoms with van der Waals surface area (Å²) in [7, 11) is 0. The van der Waals surface area contributed by atoms with Gasteiger partial charge in [-0.05, 0) is 36.4 Å². The predicted octanol–water partition coefficient (Wildman–Crippen LogP) is 3.37. The van der Waals surface area contributed by atoms with Crippen LogP contribution in [0.15, 0.2) is 60.8 Å². The molecule has 126 valence electrons. The Morgan fingerprint density at radius 1 is 1.08 bits per heavy atom. The number of fused-ring (bicyclic) bond motifs is 1. The van der Waals surface area contributed by atoms with E-state index in [0.717, 1.165) is 5.39 Å². The highest BCUT2D eigenvalue weighted by Crippen LogP contribution is 2.21. The molecule has 0 saturated heterocycles. The average Bonchev–Trinajstić information content (AvgIpc) is 2.61. The lowest BCUT2D eigenvalue weighted by atomic mass is 10.2. The van der Waals surface area contributed by atoms with Gasteiger partial charge in [0.1, 0.15) is 12.4 Å². The van der Waals surface area contributed by atoms with E-state index in [-0.39, 0.29) is 18.4 Å². The number of amides is 2.